The lowest BCUT2D eigenvalue weighted by atomic mass is 9.77. The predicted octanol–water partition coefficient (Wildman–Crippen LogP) is 4.90. The normalized spacial score (nSPS) is 18.2. The van der Waals surface area contributed by atoms with E-state index in [4.69, 9.17) is 14.2 Å². The first kappa shape index (κ1) is 20.8. The first-order valence-corrected chi connectivity index (χ1v) is 9.68. The summed E-state index contributed by atoms with van der Waals surface area (Å²) in [4.78, 5) is 0. The van der Waals surface area contributed by atoms with E-state index in [0.29, 0.717) is 12.1 Å². The summed E-state index contributed by atoms with van der Waals surface area (Å²) >= 11 is 0. The van der Waals surface area contributed by atoms with Gasteiger partial charge < -0.3 is 19.2 Å². The summed E-state index contributed by atoms with van der Waals surface area (Å²) in [5.41, 5.74) is 3.55. The fourth-order valence-electron chi connectivity index (χ4n) is 3.38. The quantitative estimate of drug-likeness (QED) is 0.584. The zero-order valence-corrected chi connectivity index (χ0v) is 16.0. The molecule has 0 aliphatic carbocycles. The molecule has 2 heterocycles. The number of furan rings is 1. The first-order valence-electron chi connectivity index (χ1n) is 9.68. The van der Waals surface area contributed by atoms with Crippen molar-refractivity contribution < 1.29 is 19.2 Å². The van der Waals surface area contributed by atoms with Gasteiger partial charge in [0.05, 0.1) is 6.10 Å². The van der Waals surface area contributed by atoms with E-state index in [9.17, 15) is 5.02 Å². The van der Waals surface area contributed by atoms with Crippen molar-refractivity contribution >= 4 is 13.2 Å². The van der Waals surface area contributed by atoms with E-state index in [1.54, 1.807) is 6.07 Å². The molecule has 4 nitrogen and oxygen atoms in total. The Hall–Kier alpha value is -1.56. The molecule has 142 valence electrons. The van der Waals surface area contributed by atoms with Crippen LogP contribution in [0.3, 0.4) is 0 Å². The highest BCUT2D eigenvalue weighted by atomic mass is 16.5. The van der Waals surface area contributed by atoms with Gasteiger partial charge in [-0.05, 0) is 55.0 Å². The van der Waals surface area contributed by atoms with E-state index >= 15 is 0 Å². The largest absolute Gasteiger partial charge is 0.459 e. The Morgan fingerprint density at radius 3 is 2.69 bits per heavy atom. The number of aliphatic hydroxyl groups excluding tert-OH is 1. The van der Waals surface area contributed by atoms with Crippen molar-refractivity contribution in [2.45, 2.75) is 71.4 Å². The second kappa shape index (κ2) is 10.6. The van der Waals surface area contributed by atoms with E-state index in [1.807, 2.05) is 6.07 Å². The zero-order chi connectivity index (χ0) is 18.9. The van der Waals surface area contributed by atoms with Gasteiger partial charge in [0.25, 0.3) is 0 Å². The molecule has 1 atom stereocenters. The van der Waals surface area contributed by atoms with Crippen molar-refractivity contribution in [3.63, 3.8) is 0 Å². The maximum atomic E-state index is 9.89. The predicted molar refractivity (Wildman–Crippen MR) is 107 cm³/mol. The Morgan fingerprint density at radius 1 is 1.27 bits per heavy atom. The standard InChI is InChI=1S/C21H31BO4/c1-4-6-16(3)20-12-13-22(24)26-21(20)11-8-17(7-5-2)14-18-9-10-19(15-23)25-18/h9-10,12,14,21,23-24H,3-8,11,13,15H2,1-2H3/b17-14+. The summed E-state index contributed by atoms with van der Waals surface area (Å²) in [7, 11) is -0.728. The molecule has 0 saturated heterocycles. The SMILES string of the molecule is C=C(CCC)C1=CCB(O)OC1CC/C(=C/c1ccc(CO)o1)CCC. The highest BCUT2D eigenvalue weighted by Crippen LogP contribution is 2.30. The van der Waals surface area contributed by atoms with Gasteiger partial charge in [0, 0.05) is 6.32 Å². The van der Waals surface area contributed by atoms with Gasteiger partial charge >= 0.3 is 7.12 Å². The van der Waals surface area contributed by atoms with Crippen molar-refractivity contribution in [2.24, 2.45) is 0 Å². The molecule has 1 unspecified atom stereocenters. The van der Waals surface area contributed by atoms with E-state index < -0.39 is 7.12 Å². The summed E-state index contributed by atoms with van der Waals surface area (Å²) in [5, 5.41) is 19.0. The summed E-state index contributed by atoms with van der Waals surface area (Å²) < 4.78 is 11.4. The average Bonchev–Trinajstić information content (AvgIpc) is 3.07. The molecule has 26 heavy (non-hydrogen) atoms. The minimum absolute atomic E-state index is 0.0849. The molecular formula is C21H31BO4. The Bertz CT molecular complexity index is 644. The van der Waals surface area contributed by atoms with Crippen LogP contribution in [-0.4, -0.2) is 23.4 Å². The maximum Gasteiger partial charge on any atom is 0.458 e. The summed E-state index contributed by atoms with van der Waals surface area (Å²) in [6.07, 6.45) is 10.3. The van der Waals surface area contributed by atoms with Crippen LogP contribution in [0.25, 0.3) is 6.08 Å². The zero-order valence-electron chi connectivity index (χ0n) is 16.0. The van der Waals surface area contributed by atoms with Gasteiger partial charge in [-0.15, -0.1) is 0 Å². The van der Waals surface area contributed by atoms with Crippen molar-refractivity contribution in [3.05, 3.63) is 53.0 Å². The second-order valence-electron chi connectivity index (χ2n) is 6.88. The fourth-order valence-corrected chi connectivity index (χ4v) is 3.38. The molecule has 1 aliphatic rings. The molecule has 1 aromatic heterocycles. The lowest BCUT2D eigenvalue weighted by Crippen LogP contribution is -2.31. The molecule has 0 spiro atoms. The molecule has 0 fully saturated rings. The minimum atomic E-state index is -0.728. The third-order valence-corrected chi connectivity index (χ3v) is 4.65. The molecule has 1 aliphatic heterocycles. The van der Waals surface area contributed by atoms with Gasteiger partial charge in [0.1, 0.15) is 18.1 Å². The van der Waals surface area contributed by atoms with Crippen LogP contribution in [0.4, 0.5) is 0 Å². The highest BCUT2D eigenvalue weighted by molar-refractivity contribution is 6.43. The van der Waals surface area contributed by atoms with E-state index in [-0.39, 0.29) is 12.7 Å². The van der Waals surface area contributed by atoms with Crippen LogP contribution in [0.1, 0.15) is 63.9 Å². The average molecular weight is 358 g/mol. The van der Waals surface area contributed by atoms with Crippen molar-refractivity contribution in [1.82, 2.24) is 0 Å². The maximum absolute atomic E-state index is 9.89. The van der Waals surface area contributed by atoms with E-state index in [0.717, 1.165) is 55.4 Å². The molecule has 2 rings (SSSR count). The van der Waals surface area contributed by atoms with Gasteiger partial charge in [-0.2, -0.15) is 0 Å². The lowest BCUT2D eigenvalue weighted by Gasteiger charge is -2.28. The van der Waals surface area contributed by atoms with Crippen molar-refractivity contribution in [2.75, 3.05) is 0 Å². The van der Waals surface area contributed by atoms with Crippen LogP contribution in [0.2, 0.25) is 6.32 Å². The molecule has 1 aromatic rings. The van der Waals surface area contributed by atoms with Crippen LogP contribution in [0.5, 0.6) is 0 Å². The number of hydrogen-bond donors (Lipinski definition) is 2. The highest BCUT2D eigenvalue weighted by Gasteiger charge is 2.27. The van der Waals surface area contributed by atoms with Crippen LogP contribution in [-0.2, 0) is 11.3 Å². The number of aliphatic hydroxyl groups is 1. The van der Waals surface area contributed by atoms with Crippen LogP contribution in [0.15, 0.2) is 45.9 Å². The molecule has 0 radical (unpaired) electrons. The molecule has 5 heteroatoms. The number of rotatable bonds is 10. The van der Waals surface area contributed by atoms with Crippen LogP contribution < -0.4 is 0 Å². The Morgan fingerprint density at radius 2 is 2.04 bits per heavy atom. The topological polar surface area (TPSA) is 62.8 Å². The molecule has 2 N–H and O–H groups in total. The Kier molecular flexibility index (Phi) is 8.43. The summed E-state index contributed by atoms with van der Waals surface area (Å²) in [6.45, 7) is 8.42. The molecule has 0 saturated carbocycles. The smallest absolute Gasteiger partial charge is 0.458 e. The molecular weight excluding hydrogens is 327 g/mol. The minimum Gasteiger partial charge on any atom is -0.459 e. The molecule has 0 amide bonds. The summed E-state index contributed by atoms with van der Waals surface area (Å²) in [6, 6.07) is 3.68. The van der Waals surface area contributed by atoms with Gasteiger partial charge in [-0.3, -0.25) is 0 Å². The summed E-state index contributed by atoms with van der Waals surface area (Å²) in [5.74, 6) is 1.35. The van der Waals surface area contributed by atoms with Crippen molar-refractivity contribution in [3.8, 4) is 0 Å². The van der Waals surface area contributed by atoms with E-state index in [1.165, 1.54) is 5.57 Å². The lowest BCUT2D eigenvalue weighted by molar-refractivity contribution is 0.182. The fraction of sp³-hybridized carbons (Fsp3) is 0.524. The number of allylic oxidation sites excluding steroid dienone is 2. The second-order valence-corrected chi connectivity index (χ2v) is 6.88. The Balaban J connectivity index is 2.07. The monoisotopic (exact) mass is 358 g/mol. The van der Waals surface area contributed by atoms with Crippen molar-refractivity contribution in [1.29, 1.82) is 0 Å². The van der Waals surface area contributed by atoms with Gasteiger partial charge in [-0.25, -0.2) is 0 Å². The Labute approximate surface area is 157 Å². The van der Waals surface area contributed by atoms with Gasteiger partial charge in [0.2, 0.25) is 0 Å². The third-order valence-electron chi connectivity index (χ3n) is 4.65. The number of hydrogen-bond acceptors (Lipinski definition) is 4. The molecule has 0 aromatic carbocycles. The van der Waals surface area contributed by atoms with Crippen LogP contribution in [0, 0.1) is 0 Å². The van der Waals surface area contributed by atoms with Gasteiger partial charge in [-0.1, -0.05) is 44.9 Å². The van der Waals surface area contributed by atoms with Crippen LogP contribution >= 0.6 is 0 Å². The van der Waals surface area contributed by atoms with Gasteiger partial charge in [0.15, 0.2) is 0 Å². The first-order chi connectivity index (χ1) is 12.6. The molecule has 0 bridgehead atoms. The van der Waals surface area contributed by atoms with E-state index in [2.05, 4.69) is 32.6 Å². The third kappa shape index (κ3) is 6.01.